The molecule has 0 aliphatic rings. The van der Waals surface area contributed by atoms with Crippen molar-refractivity contribution in [2.75, 3.05) is 5.32 Å². The molecule has 0 saturated carbocycles. The third kappa shape index (κ3) is 3.14. The Bertz CT molecular complexity index is 521. The Morgan fingerprint density at radius 1 is 1.53 bits per heavy atom. The van der Waals surface area contributed by atoms with Crippen molar-refractivity contribution < 1.29 is 0 Å². The van der Waals surface area contributed by atoms with Crippen LogP contribution in [0, 0.1) is 0 Å². The molecule has 0 aliphatic carbocycles. The van der Waals surface area contributed by atoms with Crippen LogP contribution in [0.3, 0.4) is 0 Å². The molecule has 0 fully saturated rings. The summed E-state index contributed by atoms with van der Waals surface area (Å²) >= 11 is 6.75. The second kappa shape index (κ2) is 5.42. The van der Waals surface area contributed by atoms with Crippen molar-refractivity contribution in [2.24, 2.45) is 0 Å². The smallest absolute Gasteiger partial charge is 0.170 e. The molecule has 2 rings (SSSR count). The van der Waals surface area contributed by atoms with Crippen LogP contribution in [0.2, 0.25) is 0 Å². The first kappa shape index (κ1) is 12.3. The van der Waals surface area contributed by atoms with Gasteiger partial charge in [0.15, 0.2) is 5.11 Å². The summed E-state index contributed by atoms with van der Waals surface area (Å²) in [5.74, 6) is 0. The predicted molar refractivity (Wildman–Crippen MR) is 78.7 cm³/mol. The highest BCUT2D eigenvalue weighted by Crippen LogP contribution is 2.21. The lowest BCUT2D eigenvalue weighted by Crippen LogP contribution is -2.35. The molecule has 17 heavy (non-hydrogen) atoms. The van der Waals surface area contributed by atoms with E-state index in [1.165, 1.54) is 16.2 Å². The number of nitrogens with zero attached hydrogens (tertiary/aromatic N) is 1. The summed E-state index contributed by atoms with van der Waals surface area (Å²) in [5, 5.41) is 8.23. The maximum absolute atomic E-state index is 5.25. The number of hydrogen-bond donors (Lipinski definition) is 2. The normalized spacial score (nSPS) is 12.4. The summed E-state index contributed by atoms with van der Waals surface area (Å²) in [6, 6.07) is 6.52. The van der Waals surface area contributed by atoms with Crippen LogP contribution in [0.15, 0.2) is 24.4 Å². The summed E-state index contributed by atoms with van der Waals surface area (Å²) in [7, 11) is 0. The zero-order valence-electron chi connectivity index (χ0n) is 9.86. The molecule has 5 heteroatoms. The van der Waals surface area contributed by atoms with Crippen molar-refractivity contribution in [3.8, 4) is 0 Å². The Morgan fingerprint density at radius 3 is 3.12 bits per heavy atom. The van der Waals surface area contributed by atoms with E-state index in [9.17, 15) is 0 Å². The lowest BCUT2D eigenvalue weighted by molar-refractivity contribution is 0.646. The van der Waals surface area contributed by atoms with Gasteiger partial charge in [-0.1, -0.05) is 6.92 Å². The molecule has 0 bridgehead atoms. The predicted octanol–water partition coefficient (Wildman–Crippen LogP) is 3.38. The molecule has 1 atom stereocenters. The molecule has 0 spiro atoms. The van der Waals surface area contributed by atoms with Gasteiger partial charge in [-0.05, 0) is 55.3 Å². The minimum Gasteiger partial charge on any atom is -0.360 e. The van der Waals surface area contributed by atoms with Gasteiger partial charge in [0.05, 0.1) is 4.70 Å². The first-order chi connectivity index (χ1) is 8.19. The number of benzene rings is 1. The van der Waals surface area contributed by atoms with E-state index in [1.807, 2.05) is 12.3 Å². The zero-order chi connectivity index (χ0) is 12.3. The minimum absolute atomic E-state index is 0.390. The highest BCUT2D eigenvalue weighted by atomic mass is 32.1. The Morgan fingerprint density at radius 2 is 2.35 bits per heavy atom. The summed E-state index contributed by atoms with van der Waals surface area (Å²) in [4.78, 5) is 0. The van der Waals surface area contributed by atoms with Gasteiger partial charge >= 0.3 is 0 Å². The van der Waals surface area contributed by atoms with E-state index >= 15 is 0 Å². The van der Waals surface area contributed by atoms with Crippen LogP contribution in [-0.2, 0) is 0 Å². The standard InChI is InChI=1S/C12H15N3S2/c1-3-8(2)14-12(16)15-10-4-5-11-9(6-10)7-13-17-11/h4-8H,3H2,1-2H3,(H2,14,15,16)/t8-/m0/s1. The summed E-state index contributed by atoms with van der Waals surface area (Å²) < 4.78 is 5.34. The first-order valence-corrected chi connectivity index (χ1v) is 6.79. The van der Waals surface area contributed by atoms with Crippen LogP contribution in [0.25, 0.3) is 10.1 Å². The third-order valence-corrected chi connectivity index (χ3v) is 3.60. The molecule has 0 radical (unpaired) electrons. The molecule has 0 unspecified atom stereocenters. The van der Waals surface area contributed by atoms with Crippen molar-refractivity contribution in [2.45, 2.75) is 26.3 Å². The van der Waals surface area contributed by atoms with Crippen LogP contribution in [0.1, 0.15) is 20.3 Å². The number of aromatic nitrogens is 1. The molecule has 0 saturated heterocycles. The molecule has 0 aliphatic heterocycles. The molecular weight excluding hydrogens is 250 g/mol. The van der Waals surface area contributed by atoms with Gasteiger partial charge in [0.25, 0.3) is 0 Å². The number of hydrogen-bond acceptors (Lipinski definition) is 3. The van der Waals surface area contributed by atoms with Crippen LogP contribution < -0.4 is 10.6 Å². The fourth-order valence-electron chi connectivity index (χ4n) is 1.44. The molecular formula is C12H15N3S2. The van der Waals surface area contributed by atoms with Crippen molar-refractivity contribution in [1.29, 1.82) is 0 Å². The molecule has 1 aromatic carbocycles. The van der Waals surface area contributed by atoms with Crippen molar-refractivity contribution in [3.05, 3.63) is 24.4 Å². The molecule has 90 valence electrons. The van der Waals surface area contributed by atoms with Gasteiger partial charge < -0.3 is 10.6 Å². The van der Waals surface area contributed by atoms with Gasteiger partial charge in [0, 0.05) is 23.3 Å². The SMILES string of the molecule is CC[C@H](C)NC(=S)Nc1ccc2sncc2c1. The second-order valence-corrected chi connectivity index (χ2v) is 5.23. The van der Waals surface area contributed by atoms with E-state index in [-0.39, 0.29) is 0 Å². The third-order valence-electron chi connectivity index (χ3n) is 2.60. The Kier molecular flexibility index (Phi) is 3.91. The monoisotopic (exact) mass is 265 g/mol. The van der Waals surface area contributed by atoms with E-state index in [4.69, 9.17) is 12.2 Å². The number of thiocarbonyl (C=S) groups is 1. The van der Waals surface area contributed by atoms with Crippen LogP contribution in [-0.4, -0.2) is 15.5 Å². The van der Waals surface area contributed by atoms with E-state index in [0.717, 1.165) is 17.5 Å². The number of nitrogens with one attached hydrogen (secondary N) is 2. The molecule has 2 N–H and O–H groups in total. The van der Waals surface area contributed by atoms with E-state index in [1.54, 1.807) is 0 Å². The van der Waals surface area contributed by atoms with Gasteiger partial charge in [-0.25, -0.2) is 0 Å². The lowest BCUT2D eigenvalue weighted by Gasteiger charge is -2.15. The van der Waals surface area contributed by atoms with E-state index in [2.05, 4.69) is 41.0 Å². The minimum atomic E-state index is 0.390. The van der Waals surface area contributed by atoms with Gasteiger partial charge in [-0.3, -0.25) is 0 Å². The average molecular weight is 265 g/mol. The second-order valence-electron chi connectivity index (χ2n) is 3.99. The molecule has 0 amide bonds. The topological polar surface area (TPSA) is 37.0 Å². The quantitative estimate of drug-likeness (QED) is 0.834. The van der Waals surface area contributed by atoms with Crippen molar-refractivity contribution in [1.82, 2.24) is 9.69 Å². The fraction of sp³-hybridized carbons (Fsp3) is 0.333. The largest absolute Gasteiger partial charge is 0.360 e. The maximum atomic E-state index is 5.25. The highest BCUT2D eigenvalue weighted by Gasteiger charge is 2.03. The van der Waals surface area contributed by atoms with E-state index in [0.29, 0.717) is 11.2 Å². The Labute approximate surface area is 110 Å². The first-order valence-electron chi connectivity index (χ1n) is 5.61. The molecule has 1 heterocycles. The Balaban J connectivity index is 2.05. The van der Waals surface area contributed by atoms with E-state index < -0.39 is 0 Å². The van der Waals surface area contributed by atoms with Crippen LogP contribution in [0.4, 0.5) is 5.69 Å². The highest BCUT2D eigenvalue weighted by molar-refractivity contribution is 7.80. The van der Waals surface area contributed by atoms with Crippen LogP contribution >= 0.6 is 23.8 Å². The summed E-state index contributed by atoms with van der Waals surface area (Å²) in [6.07, 6.45) is 2.92. The average Bonchev–Trinajstić information content (AvgIpc) is 2.75. The summed E-state index contributed by atoms with van der Waals surface area (Å²) in [5.41, 5.74) is 0.999. The number of fused-ring (bicyclic) bond motifs is 1. The number of rotatable bonds is 3. The molecule has 2 aromatic rings. The maximum Gasteiger partial charge on any atom is 0.170 e. The lowest BCUT2D eigenvalue weighted by atomic mass is 10.2. The summed E-state index contributed by atoms with van der Waals surface area (Å²) in [6.45, 7) is 4.24. The van der Waals surface area contributed by atoms with Crippen molar-refractivity contribution >= 4 is 44.6 Å². The van der Waals surface area contributed by atoms with Gasteiger partial charge in [0.1, 0.15) is 0 Å². The van der Waals surface area contributed by atoms with Crippen LogP contribution in [0.5, 0.6) is 0 Å². The Hall–Kier alpha value is -1.20. The van der Waals surface area contributed by atoms with Crippen molar-refractivity contribution in [3.63, 3.8) is 0 Å². The van der Waals surface area contributed by atoms with Gasteiger partial charge in [-0.15, -0.1) is 0 Å². The fourth-order valence-corrected chi connectivity index (χ4v) is 2.39. The number of anilines is 1. The molecule has 1 aromatic heterocycles. The van der Waals surface area contributed by atoms with Gasteiger partial charge in [-0.2, -0.15) is 4.37 Å². The zero-order valence-corrected chi connectivity index (χ0v) is 11.5. The van der Waals surface area contributed by atoms with Gasteiger partial charge in [0.2, 0.25) is 0 Å². The molecule has 3 nitrogen and oxygen atoms in total.